The molecule has 0 radical (unpaired) electrons. The standard InChI is InChI=1S/C19H29N3O2/c1-15(2)13-22-11-8-18(9-12-22)21-19(24)20-10-7-16-3-5-17(14-23)6-4-16/h3-6,18,23H,1,7-14H2,2H3,(H2,20,21,24). The number of hydrogen-bond acceptors (Lipinski definition) is 3. The Morgan fingerprint density at radius 2 is 1.88 bits per heavy atom. The zero-order valence-corrected chi connectivity index (χ0v) is 14.6. The molecule has 132 valence electrons. The van der Waals surface area contributed by atoms with Gasteiger partial charge in [-0.2, -0.15) is 0 Å². The summed E-state index contributed by atoms with van der Waals surface area (Å²) in [4.78, 5) is 14.4. The van der Waals surface area contributed by atoms with E-state index in [1.54, 1.807) is 0 Å². The first kappa shape index (κ1) is 18.5. The highest BCUT2D eigenvalue weighted by atomic mass is 16.3. The highest BCUT2D eigenvalue weighted by Crippen LogP contribution is 2.11. The summed E-state index contributed by atoms with van der Waals surface area (Å²) in [6.45, 7) is 9.64. The van der Waals surface area contributed by atoms with E-state index in [0.29, 0.717) is 6.54 Å². The van der Waals surface area contributed by atoms with Gasteiger partial charge in [-0.15, -0.1) is 0 Å². The van der Waals surface area contributed by atoms with Gasteiger partial charge in [0, 0.05) is 32.2 Å². The number of hydrogen-bond donors (Lipinski definition) is 3. The van der Waals surface area contributed by atoms with E-state index in [-0.39, 0.29) is 18.7 Å². The minimum atomic E-state index is -0.0830. The van der Waals surface area contributed by atoms with Gasteiger partial charge in [0.25, 0.3) is 0 Å². The Morgan fingerprint density at radius 3 is 2.46 bits per heavy atom. The van der Waals surface area contributed by atoms with Crippen molar-refractivity contribution in [2.75, 3.05) is 26.2 Å². The monoisotopic (exact) mass is 331 g/mol. The summed E-state index contributed by atoms with van der Waals surface area (Å²) in [6.07, 6.45) is 2.77. The lowest BCUT2D eigenvalue weighted by Crippen LogP contribution is -2.48. The van der Waals surface area contributed by atoms with E-state index in [2.05, 4.69) is 29.0 Å². The molecule has 2 rings (SSSR count). The SMILES string of the molecule is C=C(C)CN1CCC(NC(=O)NCCc2ccc(CO)cc2)CC1. The van der Waals surface area contributed by atoms with Gasteiger partial charge < -0.3 is 15.7 Å². The van der Waals surface area contributed by atoms with Crippen molar-refractivity contribution >= 4 is 6.03 Å². The molecule has 0 aliphatic carbocycles. The summed E-state index contributed by atoms with van der Waals surface area (Å²) in [5.74, 6) is 0. The number of nitrogens with one attached hydrogen (secondary N) is 2. The third-order valence-electron chi connectivity index (χ3n) is 4.32. The first-order valence-corrected chi connectivity index (χ1v) is 8.66. The van der Waals surface area contributed by atoms with Crippen molar-refractivity contribution in [2.45, 2.75) is 38.8 Å². The van der Waals surface area contributed by atoms with Crippen LogP contribution in [0.3, 0.4) is 0 Å². The third-order valence-corrected chi connectivity index (χ3v) is 4.32. The van der Waals surface area contributed by atoms with Gasteiger partial charge in [-0.05, 0) is 37.3 Å². The van der Waals surface area contributed by atoms with E-state index in [0.717, 1.165) is 50.0 Å². The van der Waals surface area contributed by atoms with Gasteiger partial charge in [0.2, 0.25) is 0 Å². The number of benzene rings is 1. The molecule has 1 aliphatic heterocycles. The summed E-state index contributed by atoms with van der Waals surface area (Å²) in [5.41, 5.74) is 3.24. The molecule has 2 amide bonds. The van der Waals surface area contributed by atoms with Crippen molar-refractivity contribution in [1.82, 2.24) is 15.5 Å². The molecule has 0 saturated carbocycles. The summed E-state index contributed by atoms with van der Waals surface area (Å²) in [5, 5.41) is 15.0. The molecule has 0 unspecified atom stereocenters. The van der Waals surface area contributed by atoms with Crippen molar-refractivity contribution in [3.05, 3.63) is 47.5 Å². The van der Waals surface area contributed by atoms with Crippen molar-refractivity contribution in [2.24, 2.45) is 0 Å². The van der Waals surface area contributed by atoms with Crippen LogP contribution in [0, 0.1) is 0 Å². The normalized spacial score (nSPS) is 15.9. The van der Waals surface area contributed by atoms with E-state index in [9.17, 15) is 4.79 Å². The van der Waals surface area contributed by atoms with Gasteiger partial charge in [-0.1, -0.05) is 36.4 Å². The number of rotatable bonds is 7. The van der Waals surface area contributed by atoms with E-state index < -0.39 is 0 Å². The number of piperidine rings is 1. The smallest absolute Gasteiger partial charge is 0.315 e. The summed E-state index contributed by atoms with van der Waals surface area (Å²) in [6, 6.07) is 7.98. The molecular weight excluding hydrogens is 302 g/mol. The van der Waals surface area contributed by atoms with Crippen LogP contribution in [-0.4, -0.2) is 48.3 Å². The molecule has 1 heterocycles. The quantitative estimate of drug-likeness (QED) is 0.670. The molecule has 0 spiro atoms. The number of aliphatic hydroxyl groups is 1. The molecule has 5 heteroatoms. The second-order valence-corrected chi connectivity index (χ2v) is 6.63. The third kappa shape index (κ3) is 6.34. The number of carbonyl (C=O) groups excluding carboxylic acids is 1. The van der Waals surface area contributed by atoms with E-state index in [1.165, 1.54) is 5.57 Å². The van der Waals surface area contributed by atoms with Crippen LogP contribution in [0.2, 0.25) is 0 Å². The fourth-order valence-electron chi connectivity index (χ4n) is 2.99. The Hall–Kier alpha value is -1.85. The molecule has 0 aromatic heterocycles. The van der Waals surface area contributed by atoms with E-state index >= 15 is 0 Å². The van der Waals surface area contributed by atoms with Crippen LogP contribution in [0.25, 0.3) is 0 Å². The molecule has 0 atom stereocenters. The van der Waals surface area contributed by atoms with Crippen LogP contribution in [-0.2, 0) is 13.0 Å². The number of likely N-dealkylation sites (tertiary alicyclic amines) is 1. The molecule has 1 aromatic rings. The first-order chi connectivity index (χ1) is 11.6. The molecule has 24 heavy (non-hydrogen) atoms. The zero-order valence-electron chi connectivity index (χ0n) is 14.6. The Bertz CT molecular complexity index is 534. The van der Waals surface area contributed by atoms with Gasteiger partial charge in [0.15, 0.2) is 0 Å². The zero-order chi connectivity index (χ0) is 17.4. The van der Waals surface area contributed by atoms with Crippen LogP contribution >= 0.6 is 0 Å². The lowest BCUT2D eigenvalue weighted by atomic mass is 10.0. The maximum atomic E-state index is 12.0. The van der Waals surface area contributed by atoms with Gasteiger partial charge >= 0.3 is 6.03 Å². The van der Waals surface area contributed by atoms with Crippen LogP contribution < -0.4 is 10.6 Å². The molecule has 1 saturated heterocycles. The molecule has 1 aromatic carbocycles. The minimum Gasteiger partial charge on any atom is -0.392 e. The molecule has 5 nitrogen and oxygen atoms in total. The molecule has 0 bridgehead atoms. The largest absolute Gasteiger partial charge is 0.392 e. The Labute approximate surface area is 144 Å². The maximum Gasteiger partial charge on any atom is 0.315 e. The predicted molar refractivity (Wildman–Crippen MR) is 96.9 cm³/mol. The number of nitrogens with zero attached hydrogens (tertiary/aromatic N) is 1. The van der Waals surface area contributed by atoms with Crippen molar-refractivity contribution in [3.63, 3.8) is 0 Å². The van der Waals surface area contributed by atoms with Crippen LogP contribution in [0.5, 0.6) is 0 Å². The Morgan fingerprint density at radius 1 is 1.25 bits per heavy atom. The van der Waals surface area contributed by atoms with E-state index in [4.69, 9.17) is 5.11 Å². The number of urea groups is 1. The number of aliphatic hydroxyl groups excluding tert-OH is 1. The van der Waals surface area contributed by atoms with Crippen LogP contribution in [0.4, 0.5) is 4.79 Å². The average molecular weight is 331 g/mol. The van der Waals surface area contributed by atoms with Gasteiger partial charge in [-0.25, -0.2) is 4.79 Å². The molecule has 1 fully saturated rings. The fourth-order valence-corrected chi connectivity index (χ4v) is 2.99. The Kier molecular flexibility index (Phi) is 7.28. The summed E-state index contributed by atoms with van der Waals surface area (Å²) in [7, 11) is 0. The molecule has 3 N–H and O–H groups in total. The average Bonchev–Trinajstić information content (AvgIpc) is 2.57. The van der Waals surface area contributed by atoms with Crippen LogP contribution in [0.1, 0.15) is 30.9 Å². The van der Waals surface area contributed by atoms with Gasteiger partial charge in [0.1, 0.15) is 0 Å². The fraction of sp³-hybridized carbons (Fsp3) is 0.526. The van der Waals surface area contributed by atoms with Crippen molar-refractivity contribution < 1.29 is 9.90 Å². The van der Waals surface area contributed by atoms with Crippen molar-refractivity contribution in [3.8, 4) is 0 Å². The number of carbonyl (C=O) groups is 1. The maximum absolute atomic E-state index is 12.0. The minimum absolute atomic E-state index is 0.0616. The van der Waals surface area contributed by atoms with Gasteiger partial charge in [0.05, 0.1) is 6.61 Å². The van der Waals surface area contributed by atoms with E-state index in [1.807, 2.05) is 24.3 Å². The highest BCUT2D eigenvalue weighted by Gasteiger charge is 2.20. The lowest BCUT2D eigenvalue weighted by Gasteiger charge is -2.32. The Balaban J connectivity index is 1.62. The topological polar surface area (TPSA) is 64.6 Å². The highest BCUT2D eigenvalue weighted by molar-refractivity contribution is 5.74. The second-order valence-electron chi connectivity index (χ2n) is 6.63. The number of amides is 2. The van der Waals surface area contributed by atoms with Crippen LogP contribution in [0.15, 0.2) is 36.4 Å². The summed E-state index contributed by atoms with van der Waals surface area (Å²) < 4.78 is 0. The molecule has 1 aliphatic rings. The molecular formula is C19H29N3O2. The summed E-state index contributed by atoms with van der Waals surface area (Å²) >= 11 is 0. The predicted octanol–water partition coefficient (Wildman–Crippen LogP) is 2.06. The second kappa shape index (κ2) is 9.45. The van der Waals surface area contributed by atoms with Crippen molar-refractivity contribution in [1.29, 1.82) is 0 Å². The van der Waals surface area contributed by atoms with Gasteiger partial charge in [-0.3, -0.25) is 4.90 Å². The lowest BCUT2D eigenvalue weighted by molar-refractivity contribution is 0.202. The first-order valence-electron chi connectivity index (χ1n) is 8.66.